The van der Waals surface area contributed by atoms with Crippen LogP contribution in [0.5, 0.6) is 5.75 Å². The van der Waals surface area contributed by atoms with Crippen molar-refractivity contribution in [3.8, 4) is 5.75 Å². The molecule has 0 heterocycles. The number of nitro groups is 1. The first kappa shape index (κ1) is 22.0. The molecule has 0 aromatic heterocycles. The first-order valence-electron chi connectivity index (χ1n) is 9.29. The van der Waals surface area contributed by atoms with Crippen molar-refractivity contribution in [3.05, 3.63) is 87.0 Å². The number of benzene rings is 3. The topological polar surface area (TPSA) is 122 Å². The molecular formula is C22H21N3O5S. The molecule has 0 atom stereocenters. The Morgan fingerprint density at radius 2 is 1.61 bits per heavy atom. The number of hydrogen-bond donors (Lipinski definition) is 2. The monoisotopic (exact) mass is 439 g/mol. The molecule has 9 heteroatoms. The number of sulfonamides is 1. The molecule has 0 bridgehead atoms. The molecular weight excluding hydrogens is 418 g/mol. The van der Waals surface area contributed by atoms with Crippen LogP contribution in [0, 0.1) is 30.9 Å². The Bertz CT molecular complexity index is 1260. The molecule has 0 spiro atoms. The Morgan fingerprint density at radius 3 is 2.19 bits per heavy atom. The van der Waals surface area contributed by atoms with Crippen molar-refractivity contribution >= 4 is 33.3 Å². The van der Waals surface area contributed by atoms with Crippen LogP contribution in [-0.2, 0) is 10.0 Å². The third-order valence-electron chi connectivity index (χ3n) is 4.64. The fourth-order valence-corrected chi connectivity index (χ4v) is 4.35. The average Bonchev–Trinajstić information content (AvgIpc) is 2.70. The minimum absolute atomic E-state index is 0.0732. The Kier molecular flexibility index (Phi) is 6.07. The molecule has 0 amide bonds. The average molecular weight is 439 g/mol. The van der Waals surface area contributed by atoms with Gasteiger partial charge in [0.2, 0.25) is 0 Å². The third kappa shape index (κ3) is 5.07. The fourth-order valence-electron chi connectivity index (χ4n) is 3.15. The van der Waals surface area contributed by atoms with Crippen LogP contribution in [0.25, 0.3) is 0 Å². The van der Waals surface area contributed by atoms with E-state index in [1.807, 2.05) is 32.9 Å². The summed E-state index contributed by atoms with van der Waals surface area (Å²) in [5.74, 6) is -0.151. The molecule has 2 N–H and O–H groups in total. The van der Waals surface area contributed by atoms with E-state index in [0.29, 0.717) is 11.4 Å². The molecule has 0 aliphatic carbocycles. The van der Waals surface area contributed by atoms with Crippen LogP contribution in [0.1, 0.15) is 22.3 Å². The molecule has 0 unspecified atom stereocenters. The number of aryl methyl sites for hydroxylation is 3. The number of phenols is 1. The smallest absolute Gasteiger partial charge is 0.270 e. The number of aromatic hydroxyl groups is 1. The summed E-state index contributed by atoms with van der Waals surface area (Å²) in [5, 5.41) is 20.7. The zero-order valence-corrected chi connectivity index (χ0v) is 18.0. The molecule has 0 aliphatic heterocycles. The van der Waals surface area contributed by atoms with E-state index in [9.17, 15) is 23.6 Å². The number of hydrogen-bond acceptors (Lipinski definition) is 6. The van der Waals surface area contributed by atoms with Crippen LogP contribution in [0.4, 0.5) is 17.1 Å². The van der Waals surface area contributed by atoms with E-state index < -0.39 is 14.9 Å². The van der Waals surface area contributed by atoms with Gasteiger partial charge in [-0.05, 0) is 62.2 Å². The van der Waals surface area contributed by atoms with Gasteiger partial charge in [-0.3, -0.25) is 19.8 Å². The summed E-state index contributed by atoms with van der Waals surface area (Å²) in [6.45, 7) is 5.64. The number of anilines is 1. The largest absolute Gasteiger partial charge is 0.507 e. The molecule has 3 rings (SSSR count). The maximum absolute atomic E-state index is 12.8. The zero-order chi connectivity index (χ0) is 22.8. The zero-order valence-electron chi connectivity index (χ0n) is 17.2. The third-order valence-corrected chi connectivity index (χ3v) is 6.00. The quantitative estimate of drug-likeness (QED) is 0.325. The molecule has 0 radical (unpaired) electrons. The highest BCUT2D eigenvalue weighted by Crippen LogP contribution is 2.26. The predicted octanol–water partition coefficient (Wildman–Crippen LogP) is 4.78. The van der Waals surface area contributed by atoms with Gasteiger partial charge in [-0.15, -0.1) is 0 Å². The molecule has 8 nitrogen and oxygen atoms in total. The second-order valence-corrected chi connectivity index (χ2v) is 8.81. The maximum Gasteiger partial charge on any atom is 0.270 e. The molecule has 31 heavy (non-hydrogen) atoms. The molecule has 0 saturated heterocycles. The van der Waals surface area contributed by atoms with Gasteiger partial charge >= 0.3 is 0 Å². The molecule has 0 saturated carbocycles. The molecule has 0 fully saturated rings. The Balaban J connectivity index is 1.82. The van der Waals surface area contributed by atoms with Crippen molar-refractivity contribution in [2.45, 2.75) is 25.7 Å². The van der Waals surface area contributed by atoms with Crippen LogP contribution in [0.3, 0.4) is 0 Å². The normalized spacial score (nSPS) is 11.6. The highest BCUT2D eigenvalue weighted by atomic mass is 32.2. The van der Waals surface area contributed by atoms with Gasteiger partial charge in [-0.1, -0.05) is 17.7 Å². The van der Waals surface area contributed by atoms with Crippen LogP contribution < -0.4 is 4.72 Å². The van der Waals surface area contributed by atoms with Gasteiger partial charge in [0.25, 0.3) is 15.7 Å². The summed E-state index contributed by atoms with van der Waals surface area (Å²) in [6, 6.07) is 13.3. The van der Waals surface area contributed by atoms with E-state index in [2.05, 4.69) is 9.71 Å². The van der Waals surface area contributed by atoms with Crippen molar-refractivity contribution in [2.75, 3.05) is 4.72 Å². The van der Waals surface area contributed by atoms with E-state index in [1.165, 1.54) is 48.7 Å². The Labute approximate surface area is 180 Å². The van der Waals surface area contributed by atoms with Gasteiger partial charge in [-0.2, -0.15) is 0 Å². The lowest BCUT2D eigenvalue weighted by Crippen LogP contribution is -2.14. The van der Waals surface area contributed by atoms with Crippen LogP contribution in [-0.4, -0.2) is 24.7 Å². The first-order chi connectivity index (χ1) is 14.6. The number of nitrogens with one attached hydrogen (secondary N) is 1. The van der Waals surface area contributed by atoms with E-state index in [1.54, 1.807) is 0 Å². The highest BCUT2D eigenvalue weighted by Gasteiger charge is 2.17. The van der Waals surface area contributed by atoms with E-state index in [0.717, 1.165) is 16.7 Å². The summed E-state index contributed by atoms with van der Waals surface area (Å²) >= 11 is 0. The number of aliphatic imine (C=N–C) groups is 1. The van der Waals surface area contributed by atoms with Crippen molar-refractivity contribution in [1.29, 1.82) is 0 Å². The lowest BCUT2D eigenvalue weighted by Gasteiger charge is -2.14. The minimum atomic E-state index is -3.79. The maximum atomic E-state index is 12.8. The summed E-state index contributed by atoms with van der Waals surface area (Å²) in [6.07, 6.45) is 1.28. The summed E-state index contributed by atoms with van der Waals surface area (Å²) < 4.78 is 28.2. The summed E-state index contributed by atoms with van der Waals surface area (Å²) in [4.78, 5) is 14.5. The Morgan fingerprint density at radius 1 is 1.00 bits per heavy atom. The second-order valence-electron chi connectivity index (χ2n) is 7.13. The number of phenolic OH excluding ortho intramolecular Hbond substituents is 1. The van der Waals surface area contributed by atoms with Crippen molar-refractivity contribution in [3.63, 3.8) is 0 Å². The lowest BCUT2D eigenvalue weighted by atomic mass is 10.1. The lowest BCUT2D eigenvalue weighted by molar-refractivity contribution is -0.384. The number of non-ortho nitro benzene ring substituents is 1. The van der Waals surface area contributed by atoms with Crippen LogP contribution >= 0.6 is 0 Å². The molecule has 0 aliphatic rings. The van der Waals surface area contributed by atoms with Crippen molar-refractivity contribution < 1.29 is 18.4 Å². The molecule has 3 aromatic carbocycles. The van der Waals surface area contributed by atoms with Gasteiger partial charge in [0.1, 0.15) is 5.75 Å². The predicted molar refractivity (Wildman–Crippen MR) is 120 cm³/mol. The van der Waals surface area contributed by atoms with Gasteiger partial charge in [0.05, 0.1) is 21.2 Å². The summed E-state index contributed by atoms with van der Waals surface area (Å²) in [5.41, 5.74) is 3.70. The van der Waals surface area contributed by atoms with Crippen molar-refractivity contribution in [2.24, 2.45) is 4.99 Å². The van der Waals surface area contributed by atoms with Gasteiger partial charge in [-0.25, -0.2) is 8.42 Å². The van der Waals surface area contributed by atoms with Gasteiger partial charge in [0, 0.05) is 23.9 Å². The van der Waals surface area contributed by atoms with E-state index in [-0.39, 0.29) is 21.9 Å². The van der Waals surface area contributed by atoms with Gasteiger partial charge < -0.3 is 5.11 Å². The van der Waals surface area contributed by atoms with Crippen molar-refractivity contribution in [1.82, 2.24) is 0 Å². The second kappa shape index (κ2) is 8.57. The number of nitro benzene ring substituents is 1. The molecule has 160 valence electrons. The van der Waals surface area contributed by atoms with Gasteiger partial charge in [0.15, 0.2) is 0 Å². The van der Waals surface area contributed by atoms with E-state index in [4.69, 9.17) is 0 Å². The number of nitrogens with zero attached hydrogens (tertiary/aromatic N) is 2. The minimum Gasteiger partial charge on any atom is -0.507 e. The fraction of sp³-hybridized carbons (Fsp3) is 0.136. The number of rotatable bonds is 6. The standard InChI is InChI=1S/C22H21N3O5S/c1-14-10-15(2)22(16(3)11-14)24-31(29,30)20-7-4-18(5-8-20)23-13-17-12-19(25(27)28)6-9-21(17)26/h4-13,24,26H,1-3H3. The SMILES string of the molecule is Cc1cc(C)c(NS(=O)(=O)c2ccc(N=Cc3cc([N+](=O)[O-])ccc3O)cc2)c(C)c1. The molecule has 3 aromatic rings. The highest BCUT2D eigenvalue weighted by molar-refractivity contribution is 7.92. The Hall–Kier alpha value is -3.72. The van der Waals surface area contributed by atoms with E-state index >= 15 is 0 Å². The summed E-state index contributed by atoms with van der Waals surface area (Å²) in [7, 11) is -3.79. The van der Waals surface area contributed by atoms with Crippen LogP contribution in [0.2, 0.25) is 0 Å². The van der Waals surface area contributed by atoms with Crippen LogP contribution in [0.15, 0.2) is 64.5 Å². The first-order valence-corrected chi connectivity index (χ1v) is 10.8.